The van der Waals surface area contributed by atoms with Gasteiger partial charge in [0.25, 0.3) is 5.91 Å². The summed E-state index contributed by atoms with van der Waals surface area (Å²) in [5.41, 5.74) is 1.57. The van der Waals surface area contributed by atoms with Gasteiger partial charge in [-0.3, -0.25) is 4.79 Å². The first-order chi connectivity index (χ1) is 8.24. The van der Waals surface area contributed by atoms with Crippen molar-refractivity contribution >= 4 is 16.8 Å². The monoisotopic (exact) mass is 230 g/mol. The number of nitrogens with zero attached hydrogens (tertiary/aromatic N) is 1. The highest BCUT2D eigenvalue weighted by atomic mass is 16.3. The van der Waals surface area contributed by atoms with Crippen LogP contribution in [0.5, 0.6) is 0 Å². The molecule has 0 spiro atoms. The lowest BCUT2D eigenvalue weighted by Gasteiger charge is -2.13. The molecule has 0 bridgehead atoms. The number of nitrogens with one attached hydrogen (secondary N) is 1. The molecule has 4 heteroatoms. The van der Waals surface area contributed by atoms with Crippen LogP contribution in [0.3, 0.4) is 0 Å². The van der Waals surface area contributed by atoms with Gasteiger partial charge in [-0.25, -0.2) is 0 Å². The predicted octanol–water partition coefficient (Wildman–Crippen LogP) is 1.37. The zero-order valence-corrected chi connectivity index (χ0v) is 9.39. The Bertz CT molecular complexity index is 528. The van der Waals surface area contributed by atoms with Crippen LogP contribution in [0, 0.1) is 0 Å². The van der Waals surface area contributed by atoms with E-state index in [1.165, 1.54) is 0 Å². The van der Waals surface area contributed by atoms with E-state index in [1.807, 2.05) is 30.3 Å². The van der Waals surface area contributed by atoms with Gasteiger partial charge in [0.15, 0.2) is 0 Å². The molecule has 1 aromatic carbocycles. The average Bonchev–Trinajstić information content (AvgIpc) is 2.93. The average molecular weight is 230 g/mol. The Balaban J connectivity index is 1.90. The van der Waals surface area contributed by atoms with Crippen LogP contribution in [-0.4, -0.2) is 40.1 Å². The Hall–Kier alpha value is -1.81. The predicted molar refractivity (Wildman–Crippen MR) is 64.8 cm³/mol. The van der Waals surface area contributed by atoms with Gasteiger partial charge >= 0.3 is 0 Å². The number of aromatic nitrogens is 1. The van der Waals surface area contributed by atoms with Gasteiger partial charge < -0.3 is 15.0 Å². The standard InChI is InChI=1S/C13H14N2O2/c16-10-5-6-15(8-10)13(17)12-7-9-3-1-2-4-11(9)14-12/h1-4,7,10,14,16H,5-6,8H2. The van der Waals surface area contributed by atoms with Gasteiger partial charge in [-0.1, -0.05) is 18.2 Å². The highest BCUT2D eigenvalue weighted by Crippen LogP contribution is 2.18. The molecule has 2 aromatic rings. The molecule has 88 valence electrons. The van der Waals surface area contributed by atoms with Crippen molar-refractivity contribution in [3.05, 3.63) is 36.0 Å². The van der Waals surface area contributed by atoms with Gasteiger partial charge in [-0.2, -0.15) is 0 Å². The van der Waals surface area contributed by atoms with E-state index < -0.39 is 0 Å². The number of likely N-dealkylation sites (tertiary alicyclic amines) is 1. The molecule has 0 radical (unpaired) electrons. The minimum Gasteiger partial charge on any atom is -0.391 e. The minimum absolute atomic E-state index is 0.0299. The summed E-state index contributed by atoms with van der Waals surface area (Å²) in [6.07, 6.45) is 0.301. The molecular weight excluding hydrogens is 216 g/mol. The molecule has 3 rings (SSSR count). The van der Waals surface area contributed by atoms with E-state index >= 15 is 0 Å². The molecular formula is C13H14N2O2. The number of hydrogen-bond donors (Lipinski definition) is 2. The molecule has 1 fully saturated rings. The van der Waals surface area contributed by atoms with Crippen molar-refractivity contribution in [3.63, 3.8) is 0 Å². The fourth-order valence-electron chi connectivity index (χ4n) is 2.29. The number of carbonyl (C=O) groups excluding carboxylic acids is 1. The summed E-state index contributed by atoms with van der Waals surface area (Å²) in [7, 11) is 0. The van der Waals surface area contributed by atoms with Gasteiger partial charge in [0.1, 0.15) is 5.69 Å². The molecule has 1 unspecified atom stereocenters. The van der Waals surface area contributed by atoms with E-state index in [4.69, 9.17) is 0 Å². The van der Waals surface area contributed by atoms with Crippen LogP contribution < -0.4 is 0 Å². The van der Waals surface area contributed by atoms with Crippen molar-refractivity contribution in [2.24, 2.45) is 0 Å². The van der Waals surface area contributed by atoms with Gasteiger partial charge in [0.2, 0.25) is 0 Å². The molecule has 1 atom stereocenters. The molecule has 0 aliphatic carbocycles. The molecule has 4 nitrogen and oxygen atoms in total. The number of aliphatic hydroxyl groups excluding tert-OH is 1. The summed E-state index contributed by atoms with van der Waals surface area (Å²) in [6.45, 7) is 1.07. The fourth-order valence-corrected chi connectivity index (χ4v) is 2.29. The SMILES string of the molecule is O=C(c1cc2ccccc2[nH]1)N1CCC(O)C1. The van der Waals surface area contributed by atoms with E-state index in [1.54, 1.807) is 4.90 Å². The lowest BCUT2D eigenvalue weighted by molar-refractivity contribution is 0.0760. The Morgan fingerprint density at radius 2 is 2.24 bits per heavy atom. The molecule has 1 aromatic heterocycles. The number of hydrogen-bond acceptors (Lipinski definition) is 2. The number of fused-ring (bicyclic) bond motifs is 1. The van der Waals surface area contributed by atoms with Crippen molar-refractivity contribution in [2.75, 3.05) is 13.1 Å². The topological polar surface area (TPSA) is 56.3 Å². The van der Waals surface area contributed by atoms with Crippen LogP contribution in [0.15, 0.2) is 30.3 Å². The zero-order chi connectivity index (χ0) is 11.8. The van der Waals surface area contributed by atoms with E-state index in [0.717, 1.165) is 10.9 Å². The first-order valence-corrected chi connectivity index (χ1v) is 5.79. The van der Waals surface area contributed by atoms with Gasteiger partial charge in [-0.05, 0) is 18.6 Å². The first kappa shape index (κ1) is 10.4. The second kappa shape index (κ2) is 3.89. The van der Waals surface area contributed by atoms with E-state index in [0.29, 0.717) is 25.2 Å². The summed E-state index contributed by atoms with van der Waals surface area (Å²) < 4.78 is 0. The molecule has 1 amide bonds. The van der Waals surface area contributed by atoms with E-state index in [2.05, 4.69) is 4.98 Å². The summed E-state index contributed by atoms with van der Waals surface area (Å²) in [4.78, 5) is 16.9. The van der Waals surface area contributed by atoms with E-state index in [9.17, 15) is 9.90 Å². The Labute approximate surface area is 98.9 Å². The molecule has 0 saturated carbocycles. The fraction of sp³-hybridized carbons (Fsp3) is 0.308. The Kier molecular flexibility index (Phi) is 2.37. The summed E-state index contributed by atoms with van der Waals surface area (Å²) >= 11 is 0. The summed E-state index contributed by atoms with van der Waals surface area (Å²) in [5, 5.41) is 10.5. The van der Waals surface area contributed by atoms with Crippen LogP contribution in [0.4, 0.5) is 0 Å². The van der Waals surface area contributed by atoms with Crippen LogP contribution in [0.2, 0.25) is 0 Å². The highest BCUT2D eigenvalue weighted by molar-refractivity contribution is 5.98. The normalized spacial score (nSPS) is 20.1. The van der Waals surface area contributed by atoms with Crippen molar-refractivity contribution in [2.45, 2.75) is 12.5 Å². The van der Waals surface area contributed by atoms with Gasteiger partial charge in [0, 0.05) is 24.0 Å². The van der Waals surface area contributed by atoms with E-state index in [-0.39, 0.29) is 12.0 Å². The molecule has 2 N–H and O–H groups in total. The van der Waals surface area contributed by atoms with Gasteiger partial charge in [0.05, 0.1) is 6.10 Å². The molecule has 2 heterocycles. The number of para-hydroxylation sites is 1. The highest BCUT2D eigenvalue weighted by Gasteiger charge is 2.26. The zero-order valence-electron chi connectivity index (χ0n) is 9.39. The van der Waals surface area contributed by atoms with Crippen molar-refractivity contribution in [1.82, 2.24) is 9.88 Å². The van der Waals surface area contributed by atoms with Crippen molar-refractivity contribution < 1.29 is 9.90 Å². The van der Waals surface area contributed by atoms with Crippen LogP contribution in [-0.2, 0) is 0 Å². The van der Waals surface area contributed by atoms with Crippen molar-refractivity contribution in [3.8, 4) is 0 Å². The molecule has 1 saturated heterocycles. The summed E-state index contributed by atoms with van der Waals surface area (Å²) in [5.74, 6) is -0.0299. The third-order valence-corrected chi connectivity index (χ3v) is 3.21. The second-order valence-corrected chi connectivity index (χ2v) is 4.46. The van der Waals surface area contributed by atoms with Crippen LogP contribution in [0.1, 0.15) is 16.9 Å². The first-order valence-electron chi connectivity index (χ1n) is 5.79. The number of benzene rings is 1. The molecule has 17 heavy (non-hydrogen) atoms. The maximum absolute atomic E-state index is 12.1. The number of aromatic amines is 1. The Morgan fingerprint density at radius 3 is 2.94 bits per heavy atom. The third kappa shape index (κ3) is 1.80. The van der Waals surface area contributed by atoms with Crippen LogP contribution in [0.25, 0.3) is 10.9 Å². The number of aliphatic hydroxyl groups is 1. The number of H-pyrrole nitrogens is 1. The lowest BCUT2D eigenvalue weighted by Crippen LogP contribution is -2.29. The second-order valence-electron chi connectivity index (χ2n) is 4.46. The minimum atomic E-state index is -0.372. The largest absolute Gasteiger partial charge is 0.391 e. The lowest BCUT2D eigenvalue weighted by atomic mass is 10.2. The summed E-state index contributed by atoms with van der Waals surface area (Å²) in [6, 6.07) is 9.67. The smallest absolute Gasteiger partial charge is 0.270 e. The number of amides is 1. The van der Waals surface area contributed by atoms with Crippen LogP contribution >= 0.6 is 0 Å². The molecule has 1 aliphatic rings. The maximum Gasteiger partial charge on any atom is 0.270 e. The van der Waals surface area contributed by atoms with Gasteiger partial charge in [-0.15, -0.1) is 0 Å². The Morgan fingerprint density at radius 1 is 1.41 bits per heavy atom. The molecule has 1 aliphatic heterocycles. The number of β-amino-alcohol motifs (C(OH)–C–C–N with tert-alkyl or cyclic N) is 1. The number of carbonyl (C=O) groups is 1. The quantitative estimate of drug-likeness (QED) is 0.777. The number of rotatable bonds is 1. The van der Waals surface area contributed by atoms with Crippen molar-refractivity contribution in [1.29, 1.82) is 0 Å². The maximum atomic E-state index is 12.1. The third-order valence-electron chi connectivity index (χ3n) is 3.21.